The van der Waals surface area contributed by atoms with Gasteiger partial charge in [-0.2, -0.15) is 0 Å². The molecule has 2 heteroatoms. The van der Waals surface area contributed by atoms with Gasteiger partial charge in [0.05, 0.1) is 5.69 Å². The molecule has 2 heterocycles. The van der Waals surface area contributed by atoms with Gasteiger partial charge in [0.25, 0.3) is 0 Å². The Morgan fingerprint density at radius 3 is 2.29 bits per heavy atom. The molecule has 0 N–H and O–H groups in total. The number of fused-ring (bicyclic) bond motifs is 3. The predicted molar refractivity (Wildman–Crippen MR) is 87.3 cm³/mol. The van der Waals surface area contributed by atoms with Crippen molar-refractivity contribution in [1.82, 2.24) is 4.57 Å². The molecule has 4 aromatic rings. The van der Waals surface area contributed by atoms with Crippen molar-refractivity contribution in [2.24, 2.45) is 0 Å². The zero-order chi connectivity index (χ0) is 14.6. The quantitative estimate of drug-likeness (QED) is 0.461. The number of hydrogen-bond acceptors (Lipinski definition) is 1. The van der Waals surface area contributed by atoms with Crippen LogP contribution in [0.25, 0.3) is 27.8 Å². The molecule has 2 aromatic heterocycles. The summed E-state index contributed by atoms with van der Waals surface area (Å²) in [5.41, 5.74) is 8.07. The van der Waals surface area contributed by atoms with Crippen molar-refractivity contribution >= 4 is 22.1 Å². The van der Waals surface area contributed by atoms with Crippen LogP contribution in [0.4, 0.5) is 0 Å². The molecule has 0 atom stereocenters. The summed E-state index contributed by atoms with van der Waals surface area (Å²) >= 11 is 0. The van der Waals surface area contributed by atoms with Crippen molar-refractivity contribution in [3.8, 4) is 5.69 Å². The number of furan rings is 1. The molecule has 0 bridgehead atoms. The van der Waals surface area contributed by atoms with E-state index in [1.807, 2.05) is 12.1 Å². The molecular weight excluding hydrogens is 258 g/mol. The van der Waals surface area contributed by atoms with Gasteiger partial charge in [-0.25, -0.2) is 0 Å². The monoisotopic (exact) mass is 275 g/mol. The van der Waals surface area contributed by atoms with Crippen molar-refractivity contribution in [2.75, 3.05) is 0 Å². The van der Waals surface area contributed by atoms with E-state index in [0.717, 1.165) is 11.2 Å². The fourth-order valence-corrected chi connectivity index (χ4v) is 3.22. The highest BCUT2D eigenvalue weighted by molar-refractivity contribution is 6.05. The molecule has 0 aliphatic carbocycles. The van der Waals surface area contributed by atoms with Gasteiger partial charge >= 0.3 is 0 Å². The summed E-state index contributed by atoms with van der Waals surface area (Å²) in [5, 5.41) is 1.17. The molecule has 2 aromatic carbocycles. The first kappa shape index (κ1) is 12.3. The third-order valence-corrected chi connectivity index (χ3v) is 4.17. The van der Waals surface area contributed by atoms with Crippen LogP contribution in [0.2, 0.25) is 0 Å². The van der Waals surface area contributed by atoms with E-state index in [1.54, 1.807) is 0 Å². The average Bonchev–Trinajstić information content (AvgIpc) is 2.98. The molecule has 2 nitrogen and oxygen atoms in total. The molecule has 0 saturated carbocycles. The first-order valence-corrected chi connectivity index (χ1v) is 7.22. The molecule has 21 heavy (non-hydrogen) atoms. The van der Waals surface area contributed by atoms with E-state index in [-0.39, 0.29) is 0 Å². The minimum absolute atomic E-state index is 0.950. The topological polar surface area (TPSA) is 18.1 Å². The normalized spacial score (nSPS) is 11.6. The van der Waals surface area contributed by atoms with Gasteiger partial charge in [-0.05, 0) is 44.0 Å². The molecule has 0 radical (unpaired) electrons. The number of para-hydroxylation sites is 2. The third-order valence-electron chi connectivity index (χ3n) is 4.17. The molecule has 0 saturated heterocycles. The standard InChI is InChI=1S/C19H17NO/c1-12-7-6-8-13(2)17(12)20-11-14(3)19-18(20)15-9-4-5-10-16(15)21-19/h4-11H,1-3H3. The SMILES string of the molecule is Cc1cccc(C)c1-n1cc(C)c2oc3ccccc3c21. The zero-order valence-corrected chi connectivity index (χ0v) is 12.5. The van der Waals surface area contributed by atoms with Crippen molar-refractivity contribution in [1.29, 1.82) is 0 Å². The maximum absolute atomic E-state index is 6.04. The van der Waals surface area contributed by atoms with Crippen LogP contribution < -0.4 is 0 Å². The van der Waals surface area contributed by atoms with Gasteiger partial charge in [-0.3, -0.25) is 0 Å². The lowest BCUT2D eigenvalue weighted by Gasteiger charge is -2.12. The van der Waals surface area contributed by atoms with Crippen molar-refractivity contribution in [3.63, 3.8) is 0 Å². The van der Waals surface area contributed by atoms with Crippen molar-refractivity contribution in [2.45, 2.75) is 20.8 Å². The molecule has 4 rings (SSSR count). The maximum atomic E-state index is 6.04. The molecular formula is C19H17NO. The Hall–Kier alpha value is -2.48. The van der Waals surface area contributed by atoms with Crippen LogP contribution in [-0.2, 0) is 0 Å². The fourth-order valence-electron chi connectivity index (χ4n) is 3.22. The number of benzene rings is 2. The predicted octanol–water partition coefficient (Wildman–Crippen LogP) is 5.30. The first-order chi connectivity index (χ1) is 10.2. The smallest absolute Gasteiger partial charge is 0.156 e. The van der Waals surface area contributed by atoms with E-state index in [2.05, 4.69) is 61.9 Å². The second-order valence-corrected chi connectivity index (χ2v) is 5.70. The van der Waals surface area contributed by atoms with E-state index in [0.29, 0.717) is 0 Å². The number of rotatable bonds is 1. The van der Waals surface area contributed by atoms with Crippen LogP contribution in [-0.4, -0.2) is 4.57 Å². The highest BCUT2D eigenvalue weighted by Gasteiger charge is 2.17. The van der Waals surface area contributed by atoms with Gasteiger partial charge in [-0.1, -0.05) is 30.3 Å². The largest absolute Gasteiger partial charge is 0.454 e. The van der Waals surface area contributed by atoms with Gasteiger partial charge < -0.3 is 8.98 Å². The Morgan fingerprint density at radius 2 is 1.52 bits per heavy atom. The third kappa shape index (κ3) is 1.65. The molecule has 104 valence electrons. The Kier molecular flexibility index (Phi) is 2.49. The highest BCUT2D eigenvalue weighted by atomic mass is 16.3. The van der Waals surface area contributed by atoms with Gasteiger partial charge in [0.2, 0.25) is 0 Å². The fraction of sp³-hybridized carbons (Fsp3) is 0.158. The second kappa shape index (κ2) is 4.26. The second-order valence-electron chi connectivity index (χ2n) is 5.70. The summed E-state index contributed by atoms with van der Waals surface area (Å²) in [7, 11) is 0. The lowest BCUT2D eigenvalue weighted by atomic mass is 10.1. The first-order valence-electron chi connectivity index (χ1n) is 7.22. The van der Waals surface area contributed by atoms with E-state index in [4.69, 9.17) is 4.42 Å². The maximum Gasteiger partial charge on any atom is 0.156 e. The Bertz CT molecular complexity index is 952. The van der Waals surface area contributed by atoms with Gasteiger partial charge in [-0.15, -0.1) is 0 Å². The molecule has 0 aliphatic rings. The van der Waals surface area contributed by atoms with Gasteiger partial charge in [0.15, 0.2) is 5.58 Å². The summed E-state index contributed by atoms with van der Waals surface area (Å²) in [6, 6.07) is 14.7. The van der Waals surface area contributed by atoms with Crippen LogP contribution in [0.1, 0.15) is 16.7 Å². The number of aromatic nitrogens is 1. The number of nitrogens with zero attached hydrogens (tertiary/aromatic N) is 1. The Balaban J connectivity index is 2.19. The minimum atomic E-state index is 0.950. The molecule has 0 fully saturated rings. The van der Waals surface area contributed by atoms with Gasteiger partial charge in [0, 0.05) is 17.1 Å². The van der Waals surface area contributed by atoms with Crippen LogP contribution in [0.5, 0.6) is 0 Å². The zero-order valence-electron chi connectivity index (χ0n) is 12.5. The minimum Gasteiger partial charge on any atom is -0.454 e. The lowest BCUT2D eigenvalue weighted by molar-refractivity contribution is 0.666. The summed E-state index contributed by atoms with van der Waals surface area (Å²) in [6.07, 6.45) is 2.18. The van der Waals surface area contributed by atoms with Crippen LogP contribution in [0.3, 0.4) is 0 Å². The molecule has 0 amide bonds. The van der Waals surface area contributed by atoms with Crippen LogP contribution in [0.15, 0.2) is 53.1 Å². The average molecular weight is 275 g/mol. The van der Waals surface area contributed by atoms with Gasteiger partial charge in [0.1, 0.15) is 11.1 Å². The van der Waals surface area contributed by atoms with E-state index in [9.17, 15) is 0 Å². The summed E-state index contributed by atoms with van der Waals surface area (Å²) in [6.45, 7) is 6.42. The Morgan fingerprint density at radius 1 is 0.810 bits per heavy atom. The van der Waals surface area contributed by atoms with Crippen LogP contribution in [0, 0.1) is 20.8 Å². The summed E-state index contributed by atoms with van der Waals surface area (Å²) in [4.78, 5) is 0. The van der Waals surface area contributed by atoms with E-state index >= 15 is 0 Å². The number of hydrogen-bond donors (Lipinski definition) is 0. The molecule has 0 unspecified atom stereocenters. The molecule has 0 spiro atoms. The van der Waals surface area contributed by atoms with Crippen molar-refractivity contribution in [3.05, 3.63) is 65.4 Å². The van der Waals surface area contributed by atoms with E-state index < -0.39 is 0 Å². The Labute approximate surface area is 123 Å². The summed E-state index contributed by atoms with van der Waals surface area (Å²) in [5.74, 6) is 0. The van der Waals surface area contributed by atoms with Crippen molar-refractivity contribution < 1.29 is 4.42 Å². The van der Waals surface area contributed by atoms with E-state index in [1.165, 1.54) is 33.3 Å². The molecule has 0 aliphatic heterocycles. The van der Waals surface area contributed by atoms with Crippen LogP contribution >= 0.6 is 0 Å². The number of aryl methyl sites for hydroxylation is 3. The highest BCUT2D eigenvalue weighted by Crippen LogP contribution is 2.35. The lowest BCUT2D eigenvalue weighted by Crippen LogP contribution is -1.98. The summed E-state index contributed by atoms with van der Waals surface area (Å²) < 4.78 is 8.32.